The van der Waals surface area contributed by atoms with E-state index in [9.17, 15) is 9.59 Å². The van der Waals surface area contributed by atoms with E-state index in [4.69, 9.17) is 5.10 Å². The summed E-state index contributed by atoms with van der Waals surface area (Å²) in [6.07, 6.45) is 3.58. The molecule has 3 amide bonds. The van der Waals surface area contributed by atoms with Crippen molar-refractivity contribution in [3.63, 3.8) is 0 Å². The maximum absolute atomic E-state index is 12.7. The quantitative estimate of drug-likeness (QED) is 0.622. The fourth-order valence-electron chi connectivity index (χ4n) is 4.11. The topological polar surface area (TPSA) is 100 Å². The van der Waals surface area contributed by atoms with E-state index in [-0.39, 0.29) is 29.3 Å². The smallest absolute Gasteiger partial charge is 0.322 e. The van der Waals surface area contributed by atoms with Crippen LogP contribution in [0.2, 0.25) is 0 Å². The van der Waals surface area contributed by atoms with Gasteiger partial charge >= 0.3 is 6.03 Å². The normalized spacial score (nSPS) is 24.0. The minimum absolute atomic E-state index is 0.00503. The van der Waals surface area contributed by atoms with Crippen LogP contribution in [0.1, 0.15) is 58.4 Å². The van der Waals surface area contributed by atoms with Gasteiger partial charge in [0.1, 0.15) is 5.82 Å². The van der Waals surface area contributed by atoms with E-state index in [2.05, 4.69) is 42.0 Å². The number of nitrogens with one attached hydrogen (secondary N) is 4. The summed E-state index contributed by atoms with van der Waals surface area (Å²) >= 11 is 0. The van der Waals surface area contributed by atoms with E-state index in [0.717, 1.165) is 31.4 Å². The van der Waals surface area contributed by atoms with Gasteiger partial charge in [0.25, 0.3) is 0 Å². The molecule has 2 aromatic rings. The van der Waals surface area contributed by atoms with Crippen molar-refractivity contribution in [3.8, 4) is 0 Å². The molecule has 2 aliphatic rings. The number of rotatable bonds is 3. The Morgan fingerprint density at radius 2 is 1.87 bits per heavy atom. The molecule has 2 heterocycles. The third-order valence-electron chi connectivity index (χ3n) is 5.78. The van der Waals surface area contributed by atoms with Crippen LogP contribution < -0.4 is 21.3 Å². The fraction of sp³-hybridized carbons (Fsp3) is 0.500. The van der Waals surface area contributed by atoms with E-state index >= 15 is 0 Å². The molecule has 1 saturated carbocycles. The fourth-order valence-corrected chi connectivity index (χ4v) is 4.11. The van der Waals surface area contributed by atoms with E-state index in [1.165, 1.54) is 0 Å². The van der Waals surface area contributed by atoms with E-state index in [1.54, 1.807) is 4.68 Å². The van der Waals surface area contributed by atoms with Crippen LogP contribution in [0.3, 0.4) is 0 Å². The van der Waals surface area contributed by atoms with E-state index in [1.807, 2.05) is 36.4 Å². The Morgan fingerprint density at radius 3 is 2.60 bits per heavy atom. The van der Waals surface area contributed by atoms with Gasteiger partial charge in [-0.15, -0.1) is 0 Å². The number of urea groups is 1. The van der Waals surface area contributed by atoms with Gasteiger partial charge in [-0.05, 0) is 25.0 Å². The molecular weight excluding hydrogens is 380 g/mol. The second-order valence-corrected chi connectivity index (χ2v) is 9.13. The zero-order valence-corrected chi connectivity index (χ0v) is 17.7. The highest BCUT2D eigenvalue weighted by Crippen LogP contribution is 2.31. The van der Waals surface area contributed by atoms with Crippen molar-refractivity contribution in [1.82, 2.24) is 20.4 Å². The molecule has 1 aliphatic carbocycles. The molecule has 8 nitrogen and oxygen atoms in total. The molecule has 2 fully saturated rings. The monoisotopic (exact) mass is 410 g/mol. The Bertz CT molecular complexity index is 917. The summed E-state index contributed by atoms with van der Waals surface area (Å²) in [5, 5.41) is 17.0. The van der Waals surface area contributed by atoms with Gasteiger partial charge in [0.2, 0.25) is 5.91 Å². The number of hydrogen-bond donors (Lipinski definition) is 4. The Kier molecular flexibility index (Phi) is 5.51. The third kappa shape index (κ3) is 4.33. The maximum Gasteiger partial charge on any atom is 0.324 e. The number of carbonyl (C=O) groups excluding carboxylic acids is 2. The Morgan fingerprint density at radius 1 is 1.13 bits per heavy atom. The first-order valence-corrected chi connectivity index (χ1v) is 10.6. The van der Waals surface area contributed by atoms with Gasteiger partial charge in [0, 0.05) is 23.2 Å². The molecule has 8 heteroatoms. The molecule has 3 atom stereocenters. The van der Waals surface area contributed by atoms with Crippen molar-refractivity contribution >= 4 is 23.4 Å². The molecule has 160 valence electrons. The molecule has 0 spiro atoms. The van der Waals surface area contributed by atoms with Crippen LogP contribution in [0.15, 0.2) is 36.4 Å². The molecule has 1 aromatic heterocycles. The Balaban J connectivity index is 1.58. The highest BCUT2D eigenvalue weighted by molar-refractivity contribution is 5.99. The number of hydrogen-bond acceptors (Lipinski definition) is 4. The molecule has 30 heavy (non-hydrogen) atoms. The molecule has 3 unspecified atom stereocenters. The lowest BCUT2D eigenvalue weighted by atomic mass is 9.83. The van der Waals surface area contributed by atoms with Crippen LogP contribution in [0, 0.1) is 5.92 Å². The minimum Gasteiger partial charge on any atom is -0.322 e. The lowest BCUT2D eigenvalue weighted by Gasteiger charge is -2.40. The first-order chi connectivity index (χ1) is 14.3. The lowest BCUT2D eigenvalue weighted by molar-refractivity contribution is -0.132. The van der Waals surface area contributed by atoms with Crippen molar-refractivity contribution in [3.05, 3.63) is 42.1 Å². The SMILES string of the molecule is CC(C)(C)c1cc(NC(=O)Nc2ccccc2)n(C2NC(=O)C3CCCCC3N2)n1. The Hall–Kier alpha value is -2.87. The summed E-state index contributed by atoms with van der Waals surface area (Å²) in [6.45, 7) is 6.20. The summed E-state index contributed by atoms with van der Waals surface area (Å²) in [6, 6.07) is 10.9. The second-order valence-electron chi connectivity index (χ2n) is 9.13. The number of nitrogens with zero attached hydrogens (tertiary/aromatic N) is 2. The second kappa shape index (κ2) is 8.10. The number of aromatic nitrogens is 2. The van der Waals surface area contributed by atoms with Gasteiger partial charge in [0.05, 0.1) is 11.6 Å². The van der Waals surface area contributed by atoms with Crippen LogP contribution in [0.5, 0.6) is 0 Å². The first-order valence-electron chi connectivity index (χ1n) is 10.6. The van der Waals surface area contributed by atoms with Crippen LogP contribution in [-0.2, 0) is 10.2 Å². The van der Waals surface area contributed by atoms with Crippen LogP contribution in [0.25, 0.3) is 0 Å². The highest BCUT2D eigenvalue weighted by Gasteiger charge is 2.39. The van der Waals surface area contributed by atoms with Crippen LogP contribution in [0.4, 0.5) is 16.3 Å². The maximum atomic E-state index is 12.7. The van der Waals surface area contributed by atoms with E-state index in [0.29, 0.717) is 11.5 Å². The molecule has 1 aliphatic heterocycles. The third-order valence-corrected chi connectivity index (χ3v) is 5.78. The van der Waals surface area contributed by atoms with Crippen LogP contribution >= 0.6 is 0 Å². The molecule has 1 aromatic carbocycles. The highest BCUT2D eigenvalue weighted by atomic mass is 16.2. The molecule has 0 bridgehead atoms. The zero-order chi connectivity index (χ0) is 21.3. The predicted octanol–water partition coefficient (Wildman–Crippen LogP) is 3.56. The molecule has 4 N–H and O–H groups in total. The predicted molar refractivity (Wildman–Crippen MR) is 116 cm³/mol. The number of para-hydroxylation sites is 1. The summed E-state index contributed by atoms with van der Waals surface area (Å²) in [4.78, 5) is 25.3. The summed E-state index contributed by atoms with van der Waals surface area (Å²) in [7, 11) is 0. The van der Waals surface area contributed by atoms with Gasteiger partial charge in [-0.3, -0.25) is 15.4 Å². The largest absolute Gasteiger partial charge is 0.324 e. The Labute approximate surface area is 176 Å². The molecule has 1 saturated heterocycles. The molecule has 0 radical (unpaired) electrons. The van der Waals surface area contributed by atoms with Gasteiger partial charge in [0.15, 0.2) is 6.29 Å². The zero-order valence-electron chi connectivity index (χ0n) is 17.7. The first kappa shape index (κ1) is 20.4. The summed E-state index contributed by atoms with van der Waals surface area (Å²) in [5.74, 6) is 0.585. The van der Waals surface area contributed by atoms with Gasteiger partial charge in [-0.2, -0.15) is 5.10 Å². The van der Waals surface area contributed by atoms with Crippen molar-refractivity contribution in [1.29, 1.82) is 0 Å². The van der Waals surface area contributed by atoms with Gasteiger partial charge in [-0.25, -0.2) is 9.48 Å². The summed E-state index contributed by atoms with van der Waals surface area (Å²) < 4.78 is 1.67. The standard InChI is InChI=1S/C22H30N6O2/c1-22(2,3)17-13-18(25-21(30)23-14-9-5-4-6-10-14)28(27-17)20-24-16-12-8-7-11-15(16)19(29)26-20/h4-6,9-10,13,15-16,20,24H,7-8,11-12H2,1-3H3,(H,26,29)(H2,23,25,30). The van der Waals surface area contributed by atoms with Crippen molar-refractivity contribution < 1.29 is 9.59 Å². The average molecular weight is 411 g/mol. The number of benzene rings is 1. The molecular formula is C22H30N6O2. The number of carbonyl (C=O) groups is 2. The average Bonchev–Trinajstić information content (AvgIpc) is 3.13. The number of anilines is 2. The number of fused-ring (bicyclic) bond motifs is 1. The number of amides is 3. The van der Waals surface area contributed by atoms with Crippen LogP contribution in [-0.4, -0.2) is 27.8 Å². The van der Waals surface area contributed by atoms with Gasteiger partial charge < -0.3 is 10.6 Å². The van der Waals surface area contributed by atoms with Gasteiger partial charge in [-0.1, -0.05) is 51.8 Å². The summed E-state index contributed by atoms with van der Waals surface area (Å²) in [5.41, 5.74) is 1.33. The lowest BCUT2D eigenvalue weighted by Crippen LogP contribution is -2.59. The minimum atomic E-state index is -0.500. The van der Waals surface area contributed by atoms with Crippen molar-refractivity contribution in [2.45, 2.75) is 64.2 Å². The molecule has 4 rings (SSSR count). The van der Waals surface area contributed by atoms with E-state index < -0.39 is 6.29 Å². The van der Waals surface area contributed by atoms with Crippen molar-refractivity contribution in [2.75, 3.05) is 10.6 Å². The van der Waals surface area contributed by atoms with Crippen molar-refractivity contribution in [2.24, 2.45) is 5.92 Å².